The van der Waals surface area contributed by atoms with Crippen molar-refractivity contribution in [3.05, 3.63) is 29.3 Å². The number of carbonyl (C=O) groups is 1. The lowest BCUT2D eigenvalue weighted by molar-refractivity contribution is -0.126. The fourth-order valence-electron chi connectivity index (χ4n) is 2.30. The molecule has 0 spiro atoms. The van der Waals surface area contributed by atoms with Crippen molar-refractivity contribution in [1.82, 2.24) is 5.32 Å². The van der Waals surface area contributed by atoms with Gasteiger partial charge in [-0.05, 0) is 49.8 Å². The lowest BCUT2D eigenvalue weighted by atomic mass is 9.91. The summed E-state index contributed by atoms with van der Waals surface area (Å²) in [5.41, 5.74) is 2.66. The number of fused-ring (bicyclic) bond motifs is 1. The molecule has 1 aromatic carbocycles. The highest BCUT2D eigenvalue weighted by Crippen LogP contribution is 2.30. The topological polar surface area (TPSA) is 38.3 Å². The van der Waals surface area contributed by atoms with E-state index in [1.54, 1.807) is 14.0 Å². The van der Waals surface area contributed by atoms with E-state index < -0.39 is 6.10 Å². The Bertz CT molecular complexity index is 415. The fourth-order valence-corrected chi connectivity index (χ4v) is 2.30. The molecular weight excluding hydrogens is 214 g/mol. The Hall–Kier alpha value is -1.51. The van der Waals surface area contributed by atoms with Crippen molar-refractivity contribution in [3.63, 3.8) is 0 Å². The number of hydrogen-bond donors (Lipinski definition) is 1. The summed E-state index contributed by atoms with van der Waals surface area (Å²) in [5, 5.41) is 2.60. The molecule has 0 bridgehead atoms. The zero-order valence-electron chi connectivity index (χ0n) is 10.5. The van der Waals surface area contributed by atoms with Gasteiger partial charge in [-0.1, -0.05) is 12.1 Å². The quantitative estimate of drug-likeness (QED) is 0.868. The van der Waals surface area contributed by atoms with Crippen LogP contribution in [0.1, 0.15) is 30.9 Å². The molecule has 1 aliphatic carbocycles. The van der Waals surface area contributed by atoms with E-state index in [1.807, 2.05) is 12.1 Å². The standard InChI is InChI=1S/C14H19NO2/c1-10(14(16)15-2)17-13-9-5-7-11-6-3-4-8-12(11)13/h5,7,9-10H,3-4,6,8H2,1-2H3,(H,15,16)/t10-/m0/s1. The molecule has 1 aliphatic rings. The Kier molecular flexibility index (Phi) is 3.67. The highest BCUT2D eigenvalue weighted by Gasteiger charge is 2.18. The van der Waals surface area contributed by atoms with Crippen LogP contribution in [0.25, 0.3) is 0 Å². The molecule has 0 radical (unpaired) electrons. The molecule has 0 heterocycles. The minimum absolute atomic E-state index is 0.0848. The van der Waals surface area contributed by atoms with Gasteiger partial charge in [0.1, 0.15) is 5.75 Å². The van der Waals surface area contributed by atoms with Gasteiger partial charge in [0.15, 0.2) is 6.10 Å². The van der Waals surface area contributed by atoms with Gasteiger partial charge in [0, 0.05) is 7.05 Å². The number of hydrogen-bond acceptors (Lipinski definition) is 2. The van der Waals surface area contributed by atoms with Crippen molar-refractivity contribution < 1.29 is 9.53 Å². The van der Waals surface area contributed by atoms with Crippen LogP contribution >= 0.6 is 0 Å². The van der Waals surface area contributed by atoms with Crippen LogP contribution in [0.4, 0.5) is 0 Å². The molecule has 3 heteroatoms. The van der Waals surface area contributed by atoms with Crippen LogP contribution in [0, 0.1) is 0 Å². The summed E-state index contributed by atoms with van der Waals surface area (Å²) < 4.78 is 5.75. The highest BCUT2D eigenvalue weighted by atomic mass is 16.5. The number of carbonyl (C=O) groups excluding carboxylic acids is 1. The first-order valence-electron chi connectivity index (χ1n) is 6.21. The van der Waals surface area contributed by atoms with Crippen molar-refractivity contribution >= 4 is 5.91 Å². The number of rotatable bonds is 3. The van der Waals surface area contributed by atoms with Crippen LogP contribution in [0.3, 0.4) is 0 Å². The van der Waals surface area contributed by atoms with Gasteiger partial charge in [0.05, 0.1) is 0 Å². The number of ether oxygens (including phenoxy) is 1. The molecule has 2 rings (SSSR count). The SMILES string of the molecule is CNC(=O)[C@H](C)Oc1cccc2c1CCCC2. The van der Waals surface area contributed by atoms with E-state index in [9.17, 15) is 4.79 Å². The van der Waals surface area contributed by atoms with Crippen LogP contribution in [-0.2, 0) is 17.6 Å². The van der Waals surface area contributed by atoms with Crippen LogP contribution in [0.15, 0.2) is 18.2 Å². The third-order valence-corrected chi connectivity index (χ3v) is 3.27. The predicted molar refractivity (Wildman–Crippen MR) is 67.2 cm³/mol. The number of nitrogens with one attached hydrogen (secondary N) is 1. The van der Waals surface area contributed by atoms with E-state index in [2.05, 4.69) is 11.4 Å². The molecule has 0 fully saturated rings. The van der Waals surface area contributed by atoms with Gasteiger partial charge >= 0.3 is 0 Å². The number of aryl methyl sites for hydroxylation is 1. The number of likely N-dealkylation sites (N-methyl/N-ethyl adjacent to an activating group) is 1. The Labute approximate surface area is 102 Å². The normalized spacial score (nSPS) is 15.9. The molecule has 1 atom stereocenters. The van der Waals surface area contributed by atoms with Gasteiger partial charge in [-0.3, -0.25) is 4.79 Å². The smallest absolute Gasteiger partial charge is 0.260 e. The van der Waals surface area contributed by atoms with Crippen LogP contribution < -0.4 is 10.1 Å². The molecule has 0 saturated heterocycles. The molecule has 17 heavy (non-hydrogen) atoms. The van der Waals surface area contributed by atoms with Gasteiger partial charge in [-0.25, -0.2) is 0 Å². The third kappa shape index (κ3) is 2.60. The monoisotopic (exact) mass is 233 g/mol. The number of amides is 1. The zero-order chi connectivity index (χ0) is 12.3. The molecular formula is C14H19NO2. The average Bonchev–Trinajstić information content (AvgIpc) is 2.38. The Morgan fingerprint density at radius 1 is 1.35 bits per heavy atom. The Morgan fingerprint density at radius 2 is 2.12 bits per heavy atom. The van der Waals surface area contributed by atoms with Gasteiger partial charge in [-0.2, -0.15) is 0 Å². The molecule has 0 saturated carbocycles. The van der Waals surface area contributed by atoms with E-state index in [0.717, 1.165) is 18.6 Å². The second kappa shape index (κ2) is 5.21. The van der Waals surface area contributed by atoms with Crippen molar-refractivity contribution in [2.45, 2.75) is 38.7 Å². The van der Waals surface area contributed by atoms with Crippen molar-refractivity contribution in [2.24, 2.45) is 0 Å². The molecule has 1 aromatic rings. The van der Waals surface area contributed by atoms with Crippen molar-refractivity contribution in [1.29, 1.82) is 0 Å². The molecule has 1 amide bonds. The van der Waals surface area contributed by atoms with E-state index in [0.29, 0.717) is 0 Å². The summed E-state index contributed by atoms with van der Waals surface area (Å²) in [7, 11) is 1.63. The first-order chi connectivity index (χ1) is 8.22. The summed E-state index contributed by atoms with van der Waals surface area (Å²) in [5.74, 6) is 0.789. The largest absolute Gasteiger partial charge is 0.481 e. The molecule has 1 N–H and O–H groups in total. The van der Waals surface area contributed by atoms with E-state index in [4.69, 9.17) is 4.74 Å². The molecule has 0 aliphatic heterocycles. The first-order valence-corrected chi connectivity index (χ1v) is 6.21. The minimum Gasteiger partial charge on any atom is -0.481 e. The predicted octanol–water partition coefficient (Wildman–Crippen LogP) is 2.08. The van der Waals surface area contributed by atoms with Crippen LogP contribution in [0.5, 0.6) is 5.75 Å². The van der Waals surface area contributed by atoms with Gasteiger partial charge in [0.2, 0.25) is 0 Å². The summed E-state index contributed by atoms with van der Waals surface area (Å²) in [4.78, 5) is 11.4. The third-order valence-electron chi connectivity index (χ3n) is 3.27. The average molecular weight is 233 g/mol. The van der Waals surface area contributed by atoms with Gasteiger partial charge in [0.25, 0.3) is 5.91 Å². The summed E-state index contributed by atoms with van der Waals surface area (Å²) in [6.45, 7) is 1.78. The van der Waals surface area contributed by atoms with Crippen molar-refractivity contribution in [3.8, 4) is 5.75 Å². The fraction of sp³-hybridized carbons (Fsp3) is 0.500. The maximum Gasteiger partial charge on any atom is 0.260 e. The van der Waals surface area contributed by atoms with Gasteiger partial charge < -0.3 is 10.1 Å². The maximum absolute atomic E-state index is 11.4. The maximum atomic E-state index is 11.4. The van der Waals surface area contributed by atoms with Gasteiger partial charge in [-0.15, -0.1) is 0 Å². The van der Waals surface area contributed by atoms with E-state index >= 15 is 0 Å². The van der Waals surface area contributed by atoms with E-state index in [-0.39, 0.29) is 5.91 Å². The lowest BCUT2D eigenvalue weighted by Gasteiger charge is -2.21. The molecule has 92 valence electrons. The van der Waals surface area contributed by atoms with E-state index in [1.165, 1.54) is 24.0 Å². The zero-order valence-corrected chi connectivity index (χ0v) is 10.5. The summed E-state index contributed by atoms with van der Waals surface area (Å²) in [6, 6.07) is 6.13. The summed E-state index contributed by atoms with van der Waals surface area (Å²) in [6.07, 6.45) is 4.21. The van der Waals surface area contributed by atoms with Crippen LogP contribution in [-0.4, -0.2) is 19.1 Å². The number of benzene rings is 1. The first kappa shape index (κ1) is 12.0. The molecule has 0 aromatic heterocycles. The lowest BCUT2D eigenvalue weighted by Crippen LogP contribution is -2.34. The summed E-state index contributed by atoms with van der Waals surface area (Å²) >= 11 is 0. The van der Waals surface area contributed by atoms with Crippen LogP contribution in [0.2, 0.25) is 0 Å². The highest BCUT2D eigenvalue weighted by molar-refractivity contribution is 5.80. The Morgan fingerprint density at radius 3 is 2.88 bits per heavy atom. The molecule has 3 nitrogen and oxygen atoms in total. The minimum atomic E-state index is -0.437. The molecule has 0 unspecified atom stereocenters. The Balaban J connectivity index is 2.18. The second-order valence-corrected chi connectivity index (χ2v) is 4.48. The second-order valence-electron chi connectivity index (χ2n) is 4.48. The van der Waals surface area contributed by atoms with Crippen molar-refractivity contribution in [2.75, 3.05) is 7.05 Å².